The number of furan rings is 1. The van der Waals surface area contributed by atoms with Crippen molar-refractivity contribution < 1.29 is 13.9 Å². The van der Waals surface area contributed by atoms with E-state index < -0.39 is 0 Å². The van der Waals surface area contributed by atoms with Gasteiger partial charge in [-0.25, -0.2) is 0 Å². The highest BCUT2D eigenvalue weighted by Gasteiger charge is 2.21. The third kappa shape index (κ3) is 4.33. The molecule has 1 aromatic rings. The molecule has 1 aliphatic heterocycles. The van der Waals surface area contributed by atoms with Gasteiger partial charge in [0.2, 0.25) is 0 Å². The van der Waals surface area contributed by atoms with Crippen LogP contribution in [0.5, 0.6) is 0 Å². The lowest BCUT2D eigenvalue weighted by Gasteiger charge is -2.31. The van der Waals surface area contributed by atoms with Crippen LogP contribution in [0.2, 0.25) is 0 Å². The summed E-state index contributed by atoms with van der Waals surface area (Å²) in [5.74, 6) is 0.217. The van der Waals surface area contributed by atoms with Crippen molar-refractivity contribution in [1.29, 1.82) is 0 Å². The van der Waals surface area contributed by atoms with E-state index in [0.717, 1.165) is 39.1 Å². The Labute approximate surface area is 121 Å². The van der Waals surface area contributed by atoms with E-state index in [1.807, 2.05) is 0 Å². The van der Waals surface area contributed by atoms with Crippen LogP contribution < -0.4 is 5.32 Å². The van der Waals surface area contributed by atoms with Gasteiger partial charge < -0.3 is 19.4 Å². The largest absolute Gasteiger partial charge is 0.444 e. The van der Waals surface area contributed by atoms with Crippen molar-refractivity contribution in [2.45, 2.75) is 18.9 Å². The first-order chi connectivity index (χ1) is 9.19. The predicted octanol–water partition coefficient (Wildman–Crippen LogP) is 1.88. The molecule has 0 bridgehead atoms. The lowest BCUT2D eigenvalue weighted by molar-refractivity contribution is 0.0865. The summed E-state index contributed by atoms with van der Waals surface area (Å²) >= 11 is 3.19. The van der Waals surface area contributed by atoms with E-state index in [-0.39, 0.29) is 11.9 Å². The summed E-state index contributed by atoms with van der Waals surface area (Å²) in [6.07, 6.45) is 1.94. The van der Waals surface area contributed by atoms with Crippen molar-refractivity contribution in [1.82, 2.24) is 10.2 Å². The van der Waals surface area contributed by atoms with E-state index in [1.54, 1.807) is 19.2 Å². The predicted molar refractivity (Wildman–Crippen MR) is 75.2 cm³/mol. The van der Waals surface area contributed by atoms with Crippen molar-refractivity contribution in [2.24, 2.45) is 0 Å². The number of rotatable bonds is 5. The summed E-state index contributed by atoms with van der Waals surface area (Å²) in [5, 5.41) is 3.01. The van der Waals surface area contributed by atoms with Gasteiger partial charge in [-0.15, -0.1) is 0 Å². The zero-order valence-corrected chi connectivity index (χ0v) is 12.6. The minimum atomic E-state index is -0.138. The van der Waals surface area contributed by atoms with Gasteiger partial charge >= 0.3 is 0 Å². The molecule has 0 spiro atoms. The Hall–Kier alpha value is -0.850. The minimum Gasteiger partial charge on any atom is -0.444 e. The molecule has 0 aliphatic carbocycles. The molecule has 5 nitrogen and oxygen atoms in total. The normalized spacial score (nSPS) is 17.6. The maximum absolute atomic E-state index is 11.9. The minimum absolute atomic E-state index is 0.138. The van der Waals surface area contributed by atoms with Gasteiger partial charge in [-0.05, 0) is 40.9 Å². The van der Waals surface area contributed by atoms with E-state index in [1.165, 1.54) is 0 Å². The highest BCUT2D eigenvalue weighted by Crippen LogP contribution is 2.15. The van der Waals surface area contributed by atoms with Crippen molar-refractivity contribution in [3.8, 4) is 0 Å². The smallest absolute Gasteiger partial charge is 0.287 e. The van der Waals surface area contributed by atoms with E-state index in [4.69, 9.17) is 9.15 Å². The summed E-state index contributed by atoms with van der Waals surface area (Å²) in [7, 11) is 1.72. The SMILES string of the molecule is COCCN1CCC(NC(=O)c2ccc(Br)o2)CC1. The number of piperidine rings is 1. The number of likely N-dealkylation sites (tertiary alicyclic amines) is 1. The zero-order chi connectivity index (χ0) is 13.7. The van der Waals surface area contributed by atoms with Crippen molar-refractivity contribution >= 4 is 21.8 Å². The molecule has 1 aromatic heterocycles. The molecular weight excluding hydrogens is 312 g/mol. The van der Waals surface area contributed by atoms with Crippen LogP contribution in [0.25, 0.3) is 0 Å². The molecule has 1 N–H and O–H groups in total. The molecule has 6 heteroatoms. The molecule has 1 saturated heterocycles. The summed E-state index contributed by atoms with van der Waals surface area (Å²) in [4.78, 5) is 14.3. The maximum Gasteiger partial charge on any atom is 0.287 e. The Morgan fingerprint density at radius 1 is 1.53 bits per heavy atom. The van der Waals surface area contributed by atoms with Gasteiger partial charge in [0.05, 0.1) is 6.61 Å². The number of carbonyl (C=O) groups excluding carboxylic acids is 1. The number of halogens is 1. The van der Waals surface area contributed by atoms with Crippen LogP contribution in [0.3, 0.4) is 0 Å². The quantitative estimate of drug-likeness (QED) is 0.895. The number of hydrogen-bond acceptors (Lipinski definition) is 4. The van der Waals surface area contributed by atoms with Gasteiger partial charge in [-0.2, -0.15) is 0 Å². The van der Waals surface area contributed by atoms with Crippen LogP contribution >= 0.6 is 15.9 Å². The number of ether oxygens (including phenoxy) is 1. The Morgan fingerprint density at radius 2 is 2.26 bits per heavy atom. The summed E-state index contributed by atoms with van der Waals surface area (Å²) in [6.45, 7) is 3.71. The van der Waals surface area contributed by atoms with Crippen molar-refractivity contribution in [2.75, 3.05) is 33.4 Å². The number of methoxy groups -OCH3 is 1. The monoisotopic (exact) mass is 330 g/mol. The highest BCUT2D eigenvalue weighted by atomic mass is 79.9. The van der Waals surface area contributed by atoms with Gasteiger partial charge in [0.25, 0.3) is 5.91 Å². The molecule has 106 valence electrons. The number of carbonyl (C=O) groups is 1. The molecule has 1 amide bonds. The Kier molecular flexibility index (Phi) is 5.42. The highest BCUT2D eigenvalue weighted by molar-refractivity contribution is 9.10. The van der Waals surface area contributed by atoms with Gasteiger partial charge in [-0.3, -0.25) is 4.79 Å². The average molecular weight is 331 g/mol. The van der Waals surface area contributed by atoms with Crippen LogP contribution in [-0.2, 0) is 4.74 Å². The molecule has 0 atom stereocenters. The molecule has 2 heterocycles. The van der Waals surface area contributed by atoms with Crippen LogP contribution in [0.15, 0.2) is 21.2 Å². The lowest BCUT2D eigenvalue weighted by atomic mass is 10.0. The fraction of sp³-hybridized carbons (Fsp3) is 0.615. The van der Waals surface area contributed by atoms with E-state index >= 15 is 0 Å². The molecule has 0 radical (unpaired) electrons. The number of hydrogen-bond donors (Lipinski definition) is 1. The summed E-state index contributed by atoms with van der Waals surface area (Å²) in [5.41, 5.74) is 0. The van der Waals surface area contributed by atoms with Crippen LogP contribution in [0, 0.1) is 0 Å². The first kappa shape index (κ1) is 14.6. The number of nitrogens with zero attached hydrogens (tertiary/aromatic N) is 1. The second kappa shape index (κ2) is 7.07. The zero-order valence-electron chi connectivity index (χ0n) is 11.0. The van der Waals surface area contributed by atoms with Crippen molar-refractivity contribution in [3.05, 3.63) is 22.6 Å². The first-order valence-electron chi connectivity index (χ1n) is 6.46. The molecule has 0 aromatic carbocycles. The first-order valence-corrected chi connectivity index (χ1v) is 7.26. The molecule has 2 rings (SSSR count). The third-order valence-electron chi connectivity index (χ3n) is 3.33. The van der Waals surface area contributed by atoms with Crippen LogP contribution in [-0.4, -0.2) is 50.2 Å². The number of amides is 1. The molecule has 1 fully saturated rings. The fourth-order valence-electron chi connectivity index (χ4n) is 2.21. The molecular formula is C13H19BrN2O3. The fourth-order valence-corrected chi connectivity index (χ4v) is 2.52. The molecule has 0 saturated carbocycles. The Morgan fingerprint density at radius 3 is 2.84 bits per heavy atom. The van der Waals surface area contributed by atoms with E-state index in [0.29, 0.717) is 10.4 Å². The molecule has 1 aliphatic rings. The van der Waals surface area contributed by atoms with E-state index in [2.05, 4.69) is 26.1 Å². The van der Waals surface area contributed by atoms with Gasteiger partial charge in [0.1, 0.15) is 0 Å². The second-order valence-electron chi connectivity index (χ2n) is 4.69. The molecule has 19 heavy (non-hydrogen) atoms. The Bertz CT molecular complexity index is 414. The van der Waals surface area contributed by atoms with Crippen LogP contribution in [0.4, 0.5) is 0 Å². The summed E-state index contributed by atoms with van der Waals surface area (Å²) < 4.78 is 10.9. The topological polar surface area (TPSA) is 54.7 Å². The average Bonchev–Trinajstić information content (AvgIpc) is 2.85. The third-order valence-corrected chi connectivity index (χ3v) is 3.76. The lowest BCUT2D eigenvalue weighted by Crippen LogP contribution is -2.45. The Balaban J connectivity index is 1.75. The van der Waals surface area contributed by atoms with E-state index in [9.17, 15) is 4.79 Å². The standard InChI is InChI=1S/C13H19BrN2O3/c1-18-9-8-16-6-4-10(5-7-16)15-13(17)11-2-3-12(14)19-11/h2-3,10H,4-9H2,1H3,(H,15,17). The van der Waals surface area contributed by atoms with Crippen LogP contribution in [0.1, 0.15) is 23.4 Å². The van der Waals surface area contributed by atoms with Crippen molar-refractivity contribution in [3.63, 3.8) is 0 Å². The van der Waals surface area contributed by atoms with Gasteiger partial charge in [0.15, 0.2) is 10.4 Å². The maximum atomic E-state index is 11.9. The number of nitrogens with one attached hydrogen (secondary N) is 1. The summed E-state index contributed by atoms with van der Waals surface area (Å²) in [6, 6.07) is 3.63. The van der Waals surface area contributed by atoms with Gasteiger partial charge in [-0.1, -0.05) is 0 Å². The van der Waals surface area contributed by atoms with Gasteiger partial charge in [0, 0.05) is 32.8 Å². The molecule has 0 unspecified atom stereocenters. The second-order valence-corrected chi connectivity index (χ2v) is 5.47.